The second-order valence-electron chi connectivity index (χ2n) is 3.75. The van der Waals surface area contributed by atoms with Gasteiger partial charge >= 0.3 is 0 Å². The van der Waals surface area contributed by atoms with Crippen molar-refractivity contribution in [3.63, 3.8) is 0 Å². The molecule has 0 saturated heterocycles. The first kappa shape index (κ1) is 15.2. The highest BCUT2D eigenvalue weighted by Gasteiger charge is 2.18. The standard InChI is InChI=1S/C10H21N3O2S/c1-4-12-10(15)8(13-7(2)3)5-16-6-9(11)14/h7-8,13H,4-6H2,1-3H3,(H2,11,14)(H,12,15). The lowest BCUT2D eigenvalue weighted by Crippen LogP contribution is -2.48. The Morgan fingerprint density at radius 2 is 2.00 bits per heavy atom. The number of hydrogen-bond acceptors (Lipinski definition) is 4. The molecule has 0 bridgehead atoms. The van der Waals surface area contributed by atoms with Crippen LogP contribution in [0.4, 0.5) is 0 Å². The molecule has 0 fully saturated rings. The molecule has 0 heterocycles. The highest BCUT2D eigenvalue weighted by Crippen LogP contribution is 2.03. The van der Waals surface area contributed by atoms with E-state index in [1.54, 1.807) is 0 Å². The van der Waals surface area contributed by atoms with E-state index in [9.17, 15) is 9.59 Å². The maximum Gasteiger partial charge on any atom is 0.237 e. The molecule has 6 heteroatoms. The summed E-state index contributed by atoms with van der Waals surface area (Å²) in [5, 5.41) is 5.91. The maximum atomic E-state index is 11.7. The van der Waals surface area contributed by atoms with E-state index in [2.05, 4.69) is 10.6 Å². The van der Waals surface area contributed by atoms with E-state index in [0.717, 1.165) is 0 Å². The smallest absolute Gasteiger partial charge is 0.237 e. The second-order valence-corrected chi connectivity index (χ2v) is 4.78. The molecule has 0 spiro atoms. The van der Waals surface area contributed by atoms with Crippen LogP contribution < -0.4 is 16.4 Å². The molecule has 1 unspecified atom stereocenters. The van der Waals surface area contributed by atoms with Crippen LogP contribution in [0.25, 0.3) is 0 Å². The van der Waals surface area contributed by atoms with Gasteiger partial charge in [0.05, 0.1) is 11.8 Å². The van der Waals surface area contributed by atoms with E-state index in [1.807, 2.05) is 20.8 Å². The number of carbonyl (C=O) groups excluding carboxylic acids is 2. The molecule has 94 valence electrons. The molecule has 0 aromatic carbocycles. The number of nitrogens with one attached hydrogen (secondary N) is 2. The molecule has 5 nitrogen and oxygen atoms in total. The largest absolute Gasteiger partial charge is 0.369 e. The normalized spacial score (nSPS) is 12.5. The molecular weight excluding hydrogens is 226 g/mol. The van der Waals surface area contributed by atoms with Crippen LogP contribution in [-0.2, 0) is 9.59 Å². The van der Waals surface area contributed by atoms with Crippen LogP contribution in [0.1, 0.15) is 20.8 Å². The minimum absolute atomic E-state index is 0.0341. The molecular formula is C10H21N3O2S. The summed E-state index contributed by atoms with van der Waals surface area (Å²) in [6.07, 6.45) is 0. The lowest BCUT2D eigenvalue weighted by Gasteiger charge is -2.19. The van der Waals surface area contributed by atoms with E-state index in [0.29, 0.717) is 12.3 Å². The number of likely N-dealkylation sites (N-methyl/N-ethyl adjacent to an activating group) is 1. The third-order valence-electron chi connectivity index (χ3n) is 1.73. The van der Waals surface area contributed by atoms with E-state index in [4.69, 9.17) is 5.73 Å². The summed E-state index contributed by atoms with van der Waals surface area (Å²) in [6, 6.07) is -0.0499. The van der Waals surface area contributed by atoms with Crippen molar-refractivity contribution in [2.75, 3.05) is 18.1 Å². The molecule has 0 aliphatic carbocycles. The summed E-state index contributed by atoms with van der Waals surface area (Å²) in [4.78, 5) is 22.2. The van der Waals surface area contributed by atoms with E-state index < -0.39 is 0 Å². The van der Waals surface area contributed by atoms with E-state index >= 15 is 0 Å². The van der Waals surface area contributed by atoms with Gasteiger partial charge in [0.2, 0.25) is 11.8 Å². The van der Waals surface area contributed by atoms with Gasteiger partial charge in [-0.1, -0.05) is 13.8 Å². The van der Waals surface area contributed by atoms with Crippen molar-refractivity contribution in [1.82, 2.24) is 10.6 Å². The van der Waals surface area contributed by atoms with Crippen LogP contribution in [0, 0.1) is 0 Å². The molecule has 0 aromatic heterocycles. The molecule has 0 rings (SSSR count). The Bertz CT molecular complexity index is 234. The van der Waals surface area contributed by atoms with Crippen LogP contribution in [0.3, 0.4) is 0 Å². The summed E-state index contributed by atoms with van der Waals surface area (Å²) < 4.78 is 0. The van der Waals surface area contributed by atoms with Crippen molar-refractivity contribution in [1.29, 1.82) is 0 Å². The van der Waals surface area contributed by atoms with Gasteiger partial charge in [-0.3, -0.25) is 9.59 Å². The predicted octanol–water partition coefficient (Wildman–Crippen LogP) is -0.292. The van der Waals surface area contributed by atoms with Gasteiger partial charge in [-0.05, 0) is 6.92 Å². The fourth-order valence-corrected chi connectivity index (χ4v) is 1.98. The van der Waals surface area contributed by atoms with Crippen molar-refractivity contribution in [3.8, 4) is 0 Å². The average Bonchev–Trinajstić information content (AvgIpc) is 2.15. The van der Waals surface area contributed by atoms with Crippen LogP contribution in [-0.4, -0.2) is 41.9 Å². The summed E-state index contributed by atoms with van der Waals surface area (Å²) in [5.41, 5.74) is 5.03. The Morgan fingerprint density at radius 3 is 2.44 bits per heavy atom. The first-order chi connectivity index (χ1) is 7.47. The van der Waals surface area contributed by atoms with Gasteiger partial charge in [0.15, 0.2) is 0 Å². The summed E-state index contributed by atoms with van der Waals surface area (Å²) in [6.45, 7) is 6.44. The van der Waals surface area contributed by atoms with Crippen LogP contribution in [0.5, 0.6) is 0 Å². The number of nitrogens with two attached hydrogens (primary N) is 1. The predicted molar refractivity (Wildman–Crippen MR) is 67.3 cm³/mol. The van der Waals surface area contributed by atoms with Crippen molar-refractivity contribution >= 4 is 23.6 Å². The van der Waals surface area contributed by atoms with E-state index in [1.165, 1.54) is 11.8 Å². The first-order valence-electron chi connectivity index (χ1n) is 5.37. The monoisotopic (exact) mass is 247 g/mol. The van der Waals surface area contributed by atoms with Gasteiger partial charge in [0, 0.05) is 18.3 Å². The number of carbonyl (C=O) groups is 2. The second kappa shape index (κ2) is 8.41. The summed E-state index contributed by atoms with van der Waals surface area (Å²) in [5.74, 6) is 0.403. The molecule has 0 radical (unpaired) electrons. The third-order valence-corrected chi connectivity index (χ3v) is 2.79. The molecule has 1 atom stereocenters. The molecule has 16 heavy (non-hydrogen) atoms. The molecule has 0 aromatic rings. The molecule has 2 amide bonds. The fraction of sp³-hybridized carbons (Fsp3) is 0.800. The van der Waals surface area contributed by atoms with Crippen molar-refractivity contribution < 1.29 is 9.59 Å². The Hall–Kier alpha value is -0.750. The van der Waals surface area contributed by atoms with Gasteiger partial charge in [-0.15, -0.1) is 11.8 Å². The van der Waals surface area contributed by atoms with E-state index in [-0.39, 0.29) is 29.7 Å². The van der Waals surface area contributed by atoms with Gasteiger partial charge < -0.3 is 16.4 Å². The minimum Gasteiger partial charge on any atom is -0.369 e. The fourth-order valence-electron chi connectivity index (χ4n) is 1.18. The van der Waals surface area contributed by atoms with Crippen molar-refractivity contribution in [2.45, 2.75) is 32.9 Å². The maximum absolute atomic E-state index is 11.7. The number of amides is 2. The zero-order valence-electron chi connectivity index (χ0n) is 10.1. The zero-order valence-corrected chi connectivity index (χ0v) is 10.9. The summed E-state index contributed by atoms with van der Waals surface area (Å²) in [7, 11) is 0. The SMILES string of the molecule is CCNC(=O)C(CSCC(N)=O)NC(C)C. The van der Waals surface area contributed by atoms with Crippen molar-refractivity contribution in [3.05, 3.63) is 0 Å². The zero-order chi connectivity index (χ0) is 12.6. The topological polar surface area (TPSA) is 84.2 Å². The molecule has 0 aliphatic rings. The third kappa shape index (κ3) is 7.53. The molecule has 0 saturated carbocycles. The van der Waals surface area contributed by atoms with Gasteiger partial charge in [0.1, 0.15) is 0 Å². The minimum atomic E-state index is -0.357. The quantitative estimate of drug-likeness (QED) is 0.550. The van der Waals surface area contributed by atoms with Crippen LogP contribution in [0.15, 0.2) is 0 Å². The first-order valence-corrected chi connectivity index (χ1v) is 6.52. The highest BCUT2D eigenvalue weighted by molar-refractivity contribution is 8.00. The Morgan fingerprint density at radius 1 is 1.38 bits per heavy atom. The molecule has 0 aliphatic heterocycles. The van der Waals surface area contributed by atoms with Gasteiger partial charge in [-0.2, -0.15) is 0 Å². The highest BCUT2D eigenvalue weighted by atomic mass is 32.2. The number of thioether (sulfide) groups is 1. The lowest BCUT2D eigenvalue weighted by atomic mass is 10.2. The van der Waals surface area contributed by atoms with Gasteiger partial charge in [-0.25, -0.2) is 0 Å². The number of rotatable bonds is 8. The van der Waals surface area contributed by atoms with Crippen LogP contribution in [0.2, 0.25) is 0 Å². The Labute approximate surface area is 101 Å². The summed E-state index contributed by atoms with van der Waals surface area (Å²) >= 11 is 1.37. The van der Waals surface area contributed by atoms with Crippen molar-refractivity contribution in [2.24, 2.45) is 5.73 Å². The number of primary amides is 1. The van der Waals surface area contributed by atoms with Gasteiger partial charge in [0.25, 0.3) is 0 Å². The van der Waals surface area contributed by atoms with Crippen LogP contribution >= 0.6 is 11.8 Å². The Balaban J connectivity index is 4.09. The average molecular weight is 247 g/mol. The molecule has 4 N–H and O–H groups in total. The Kier molecular flexibility index (Phi) is 8.01. The number of hydrogen-bond donors (Lipinski definition) is 3. The lowest BCUT2D eigenvalue weighted by molar-refractivity contribution is -0.122.